The monoisotopic (exact) mass is 459 g/mol. The van der Waals surface area contributed by atoms with E-state index in [1.165, 1.54) is 25.4 Å². The van der Waals surface area contributed by atoms with Gasteiger partial charge in [-0.3, -0.25) is 0 Å². The quantitative estimate of drug-likeness (QED) is 0.450. The highest BCUT2D eigenvalue weighted by Gasteiger charge is 2.31. The standard InChI is InChI=1S/C13H10F3NO2.C7H6BF3O2/c1-18-12-11(3-2-8-17-12)19-10-6-4-9(5-7-10)13(14,15)16;9-7(10,11)5-1-3-6(4-2-5)8(12)13/h2-8H,1H3;1-4,12-13H. The summed E-state index contributed by atoms with van der Waals surface area (Å²) in [6.45, 7) is 0. The van der Waals surface area contributed by atoms with Crippen LogP contribution < -0.4 is 14.9 Å². The third-order valence-electron chi connectivity index (χ3n) is 3.88. The molecule has 12 heteroatoms. The van der Waals surface area contributed by atoms with Gasteiger partial charge in [-0.2, -0.15) is 26.3 Å². The first-order valence-corrected chi connectivity index (χ1v) is 8.79. The van der Waals surface area contributed by atoms with Gasteiger partial charge in [0.2, 0.25) is 0 Å². The number of halogens is 6. The fourth-order valence-corrected chi connectivity index (χ4v) is 2.29. The molecule has 0 saturated carbocycles. The SMILES string of the molecule is COc1ncccc1Oc1ccc(C(F)(F)F)cc1.OB(O)c1ccc(C(F)(F)F)cc1. The Labute approximate surface area is 179 Å². The first kappa shape index (κ1) is 25.0. The lowest BCUT2D eigenvalue weighted by atomic mass is 9.80. The Hall–Kier alpha value is -3.25. The number of ether oxygens (including phenoxy) is 2. The van der Waals surface area contributed by atoms with Crippen molar-refractivity contribution in [1.82, 2.24) is 4.98 Å². The number of nitrogens with zero attached hydrogens (tertiary/aromatic N) is 1. The lowest BCUT2D eigenvalue weighted by molar-refractivity contribution is -0.138. The average Bonchev–Trinajstić information content (AvgIpc) is 2.74. The normalized spacial score (nSPS) is 11.3. The summed E-state index contributed by atoms with van der Waals surface area (Å²) in [6.07, 6.45) is -7.22. The molecule has 170 valence electrons. The summed E-state index contributed by atoms with van der Waals surface area (Å²) in [6, 6.07) is 11.3. The largest absolute Gasteiger partial charge is 0.488 e. The van der Waals surface area contributed by atoms with Crippen LogP contribution in [0.3, 0.4) is 0 Å². The molecule has 0 amide bonds. The topological polar surface area (TPSA) is 71.8 Å². The molecule has 0 unspecified atom stereocenters. The minimum atomic E-state index is -4.39. The van der Waals surface area contributed by atoms with Gasteiger partial charge in [-0.1, -0.05) is 24.3 Å². The van der Waals surface area contributed by atoms with Gasteiger partial charge in [-0.15, -0.1) is 0 Å². The number of rotatable bonds is 4. The van der Waals surface area contributed by atoms with E-state index in [2.05, 4.69) is 4.98 Å². The molecule has 0 atom stereocenters. The summed E-state index contributed by atoms with van der Waals surface area (Å²) < 4.78 is 83.6. The molecule has 0 saturated heterocycles. The molecule has 0 spiro atoms. The van der Waals surface area contributed by atoms with Gasteiger partial charge >= 0.3 is 19.5 Å². The molecule has 3 rings (SSSR count). The number of hydrogen-bond donors (Lipinski definition) is 2. The van der Waals surface area contributed by atoms with Crippen molar-refractivity contribution in [2.45, 2.75) is 12.4 Å². The van der Waals surface area contributed by atoms with E-state index in [9.17, 15) is 26.3 Å². The Morgan fingerprint density at radius 1 is 0.781 bits per heavy atom. The van der Waals surface area contributed by atoms with Crippen LogP contribution in [0.1, 0.15) is 11.1 Å². The zero-order valence-electron chi connectivity index (χ0n) is 16.4. The van der Waals surface area contributed by atoms with Crippen molar-refractivity contribution in [2.24, 2.45) is 0 Å². The number of alkyl halides is 6. The van der Waals surface area contributed by atoms with Crippen LogP contribution >= 0.6 is 0 Å². The third kappa shape index (κ3) is 7.17. The van der Waals surface area contributed by atoms with E-state index in [0.29, 0.717) is 5.75 Å². The molecule has 0 aliphatic carbocycles. The van der Waals surface area contributed by atoms with Crippen LogP contribution in [0.15, 0.2) is 66.9 Å². The summed E-state index contributed by atoms with van der Waals surface area (Å²) in [4.78, 5) is 3.92. The predicted octanol–water partition coefficient (Wildman–Crippen LogP) is 4.29. The minimum absolute atomic E-state index is 0.0352. The second-order valence-corrected chi connectivity index (χ2v) is 6.13. The van der Waals surface area contributed by atoms with Crippen LogP contribution in [0.2, 0.25) is 0 Å². The van der Waals surface area contributed by atoms with Gasteiger partial charge in [0.15, 0.2) is 5.75 Å². The zero-order chi connectivity index (χ0) is 23.9. The van der Waals surface area contributed by atoms with E-state index in [1.54, 1.807) is 12.1 Å². The Kier molecular flexibility index (Phi) is 8.11. The Morgan fingerprint density at radius 3 is 1.72 bits per heavy atom. The maximum absolute atomic E-state index is 12.4. The molecule has 1 aromatic heterocycles. The molecule has 2 aromatic carbocycles. The van der Waals surface area contributed by atoms with E-state index in [1.807, 2.05) is 0 Å². The molecule has 5 nitrogen and oxygen atoms in total. The first-order valence-electron chi connectivity index (χ1n) is 8.79. The van der Waals surface area contributed by atoms with Crippen LogP contribution in [0.25, 0.3) is 0 Å². The van der Waals surface area contributed by atoms with Crippen molar-refractivity contribution in [3.8, 4) is 17.4 Å². The highest BCUT2D eigenvalue weighted by Crippen LogP contribution is 2.33. The molecule has 2 N–H and O–H groups in total. The summed E-state index contributed by atoms with van der Waals surface area (Å²) in [5.41, 5.74) is -1.50. The van der Waals surface area contributed by atoms with Crippen LogP contribution in [0.5, 0.6) is 17.4 Å². The van der Waals surface area contributed by atoms with Gasteiger partial charge in [0.1, 0.15) is 5.75 Å². The number of methoxy groups -OCH3 is 1. The summed E-state index contributed by atoms with van der Waals surface area (Å²) in [5.74, 6) is 0.881. The third-order valence-corrected chi connectivity index (χ3v) is 3.88. The van der Waals surface area contributed by atoms with Gasteiger partial charge in [0.25, 0.3) is 5.88 Å². The van der Waals surface area contributed by atoms with Gasteiger partial charge in [0.05, 0.1) is 18.2 Å². The number of aromatic nitrogens is 1. The Morgan fingerprint density at radius 2 is 1.28 bits per heavy atom. The molecular weight excluding hydrogens is 443 g/mol. The van der Waals surface area contributed by atoms with Crippen molar-refractivity contribution in [1.29, 1.82) is 0 Å². The van der Waals surface area contributed by atoms with Gasteiger partial charge in [-0.25, -0.2) is 4.98 Å². The van der Waals surface area contributed by atoms with E-state index in [-0.39, 0.29) is 17.1 Å². The average molecular weight is 459 g/mol. The molecular formula is C20H16BF6NO4. The van der Waals surface area contributed by atoms with Gasteiger partial charge < -0.3 is 19.5 Å². The Bertz CT molecular complexity index is 993. The molecule has 0 fully saturated rings. The summed E-state index contributed by atoms with van der Waals surface area (Å²) in [7, 11) is -0.302. The van der Waals surface area contributed by atoms with Crippen molar-refractivity contribution in [2.75, 3.05) is 7.11 Å². The second kappa shape index (κ2) is 10.4. The van der Waals surface area contributed by atoms with Crippen molar-refractivity contribution in [3.05, 3.63) is 78.0 Å². The number of benzene rings is 2. The lowest BCUT2D eigenvalue weighted by Gasteiger charge is -2.10. The van der Waals surface area contributed by atoms with Crippen molar-refractivity contribution >= 4 is 12.6 Å². The van der Waals surface area contributed by atoms with Gasteiger partial charge in [-0.05, 0) is 41.9 Å². The lowest BCUT2D eigenvalue weighted by Crippen LogP contribution is -2.29. The molecule has 0 radical (unpaired) electrons. The van der Waals surface area contributed by atoms with E-state index in [4.69, 9.17) is 19.5 Å². The molecule has 1 heterocycles. The van der Waals surface area contributed by atoms with Crippen LogP contribution in [0, 0.1) is 0 Å². The van der Waals surface area contributed by atoms with E-state index in [0.717, 1.165) is 36.4 Å². The number of pyridine rings is 1. The second-order valence-electron chi connectivity index (χ2n) is 6.13. The first-order chi connectivity index (χ1) is 14.9. The van der Waals surface area contributed by atoms with Gasteiger partial charge in [0, 0.05) is 6.20 Å². The smallest absolute Gasteiger partial charge is 0.478 e. The zero-order valence-corrected chi connectivity index (χ0v) is 16.4. The van der Waals surface area contributed by atoms with Crippen LogP contribution in [0.4, 0.5) is 26.3 Å². The Balaban J connectivity index is 0.000000244. The predicted molar refractivity (Wildman–Crippen MR) is 104 cm³/mol. The van der Waals surface area contributed by atoms with E-state index >= 15 is 0 Å². The van der Waals surface area contributed by atoms with Crippen molar-refractivity contribution < 1.29 is 45.9 Å². The fourth-order valence-electron chi connectivity index (χ4n) is 2.29. The maximum Gasteiger partial charge on any atom is 0.488 e. The molecule has 0 bridgehead atoms. The molecule has 0 aliphatic rings. The molecule has 0 aliphatic heterocycles. The summed E-state index contributed by atoms with van der Waals surface area (Å²) >= 11 is 0. The molecule has 3 aromatic rings. The highest BCUT2D eigenvalue weighted by molar-refractivity contribution is 6.58. The maximum atomic E-state index is 12.4. The van der Waals surface area contributed by atoms with Crippen molar-refractivity contribution in [3.63, 3.8) is 0 Å². The molecule has 32 heavy (non-hydrogen) atoms. The van der Waals surface area contributed by atoms with Crippen LogP contribution in [-0.2, 0) is 12.4 Å². The number of hydrogen-bond acceptors (Lipinski definition) is 5. The minimum Gasteiger partial charge on any atom is -0.478 e. The highest BCUT2D eigenvalue weighted by atomic mass is 19.4. The summed E-state index contributed by atoms with van der Waals surface area (Å²) in [5, 5.41) is 17.2. The van der Waals surface area contributed by atoms with E-state index < -0.39 is 30.6 Å². The fraction of sp³-hybridized carbons (Fsp3) is 0.150. The van der Waals surface area contributed by atoms with Crippen LogP contribution in [-0.4, -0.2) is 29.3 Å².